The molecule has 4 rings (SSSR count). The molecule has 2 unspecified atom stereocenters. The van der Waals surface area contributed by atoms with Crippen LogP contribution in [0.3, 0.4) is 0 Å². The lowest BCUT2D eigenvalue weighted by molar-refractivity contribution is -0.133. The van der Waals surface area contributed by atoms with E-state index in [9.17, 15) is 4.79 Å². The molecule has 114 valence electrons. The summed E-state index contributed by atoms with van der Waals surface area (Å²) in [5.74, 6) is 4.30. The molecule has 2 saturated heterocycles. The maximum atomic E-state index is 12.5. The number of rotatable bonds is 3. The lowest BCUT2D eigenvalue weighted by Gasteiger charge is -2.32. The van der Waals surface area contributed by atoms with E-state index in [1.165, 1.54) is 12.8 Å². The highest BCUT2D eigenvalue weighted by molar-refractivity contribution is 7.99. The Labute approximate surface area is 128 Å². The van der Waals surface area contributed by atoms with Gasteiger partial charge in [0.05, 0.1) is 6.04 Å². The minimum Gasteiger partial charge on any atom is -0.341 e. The molecule has 0 spiro atoms. The minimum atomic E-state index is -0.0129. The molecule has 3 aliphatic rings. The first-order chi connectivity index (χ1) is 10.3. The number of hydrogen-bond acceptors (Lipinski definition) is 6. The van der Waals surface area contributed by atoms with Crippen molar-refractivity contribution in [2.24, 2.45) is 0 Å². The van der Waals surface area contributed by atoms with Gasteiger partial charge in [-0.2, -0.15) is 4.98 Å². The molecule has 21 heavy (non-hydrogen) atoms. The predicted octanol–water partition coefficient (Wildman–Crippen LogP) is 1.32. The Morgan fingerprint density at radius 3 is 3.00 bits per heavy atom. The highest BCUT2D eigenvalue weighted by atomic mass is 32.2. The van der Waals surface area contributed by atoms with Crippen LogP contribution in [0.25, 0.3) is 0 Å². The molecule has 0 aromatic carbocycles. The monoisotopic (exact) mass is 308 g/mol. The van der Waals surface area contributed by atoms with Gasteiger partial charge in [-0.15, -0.1) is 11.8 Å². The third-order valence-corrected chi connectivity index (χ3v) is 5.44. The maximum Gasteiger partial charge on any atom is 0.240 e. The zero-order valence-corrected chi connectivity index (χ0v) is 12.8. The largest absolute Gasteiger partial charge is 0.341 e. The lowest BCUT2D eigenvalue weighted by atomic mass is 9.97. The fourth-order valence-electron chi connectivity index (χ4n) is 3.07. The molecule has 2 aliphatic heterocycles. The SMILES string of the molecule is O=C(C1CSCN1)N1CCCC(c2noc(C3CC3)n2)C1. The van der Waals surface area contributed by atoms with Crippen molar-refractivity contribution in [1.82, 2.24) is 20.4 Å². The Hall–Kier alpha value is -1.08. The van der Waals surface area contributed by atoms with Crippen molar-refractivity contribution >= 4 is 17.7 Å². The van der Waals surface area contributed by atoms with E-state index >= 15 is 0 Å². The van der Waals surface area contributed by atoms with Crippen molar-refractivity contribution in [1.29, 1.82) is 0 Å². The number of nitrogens with zero attached hydrogens (tertiary/aromatic N) is 3. The molecule has 1 aromatic rings. The van der Waals surface area contributed by atoms with Crippen LogP contribution in [0.4, 0.5) is 0 Å². The highest BCUT2D eigenvalue weighted by Gasteiger charge is 2.34. The molecule has 1 aromatic heterocycles. The minimum absolute atomic E-state index is 0.0129. The fraction of sp³-hybridized carbons (Fsp3) is 0.786. The number of amides is 1. The summed E-state index contributed by atoms with van der Waals surface area (Å²) in [6, 6.07) is -0.0129. The van der Waals surface area contributed by atoms with Gasteiger partial charge in [-0.3, -0.25) is 10.1 Å². The Bertz CT molecular complexity index is 525. The summed E-state index contributed by atoms with van der Waals surface area (Å²) >= 11 is 1.79. The molecule has 3 heterocycles. The van der Waals surface area contributed by atoms with Crippen LogP contribution in [0.15, 0.2) is 4.52 Å². The molecule has 1 N–H and O–H groups in total. The summed E-state index contributed by atoms with van der Waals surface area (Å²) in [4.78, 5) is 19.0. The molecule has 6 nitrogen and oxygen atoms in total. The van der Waals surface area contributed by atoms with Crippen molar-refractivity contribution in [3.8, 4) is 0 Å². The van der Waals surface area contributed by atoms with Crippen LogP contribution in [-0.4, -0.2) is 51.7 Å². The van der Waals surface area contributed by atoms with Crippen molar-refractivity contribution < 1.29 is 9.32 Å². The van der Waals surface area contributed by atoms with E-state index in [-0.39, 0.29) is 17.9 Å². The quantitative estimate of drug-likeness (QED) is 0.908. The Kier molecular flexibility index (Phi) is 3.62. The van der Waals surface area contributed by atoms with Gasteiger partial charge < -0.3 is 9.42 Å². The lowest BCUT2D eigenvalue weighted by Crippen LogP contribution is -2.48. The molecule has 0 radical (unpaired) electrons. The van der Waals surface area contributed by atoms with Crippen LogP contribution in [-0.2, 0) is 4.79 Å². The number of piperidine rings is 1. The third kappa shape index (κ3) is 2.81. The number of carbonyl (C=O) groups is 1. The van der Waals surface area contributed by atoms with Crippen molar-refractivity contribution in [3.05, 3.63) is 11.7 Å². The smallest absolute Gasteiger partial charge is 0.240 e. The van der Waals surface area contributed by atoms with Gasteiger partial charge >= 0.3 is 0 Å². The zero-order chi connectivity index (χ0) is 14.2. The van der Waals surface area contributed by atoms with E-state index in [4.69, 9.17) is 4.52 Å². The maximum absolute atomic E-state index is 12.5. The second-order valence-corrected chi connectivity index (χ2v) is 7.19. The second kappa shape index (κ2) is 5.61. The van der Waals surface area contributed by atoms with E-state index in [1.54, 1.807) is 11.8 Å². The van der Waals surface area contributed by atoms with Crippen LogP contribution < -0.4 is 5.32 Å². The van der Waals surface area contributed by atoms with Crippen LogP contribution in [0, 0.1) is 0 Å². The normalized spacial score (nSPS) is 29.8. The molecule has 1 saturated carbocycles. The van der Waals surface area contributed by atoms with Gasteiger partial charge in [0.25, 0.3) is 0 Å². The van der Waals surface area contributed by atoms with Gasteiger partial charge in [0, 0.05) is 36.6 Å². The standard InChI is InChI=1S/C14H20N4O2S/c19-14(11-7-21-8-15-11)18-5-1-2-10(6-18)12-16-13(20-17-12)9-3-4-9/h9-11,15H,1-8H2. The molecule has 7 heteroatoms. The first kappa shape index (κ1) is 13.6. The van der Waals surface area contributed by atoms with E-state index in [0.717, 1.165) is 49.3 Å². The van der Waals surface area contributed by atoms with Crippen LogP contribution in [0.2, 0.25) is 0 Å². The first-order valence-electron chi connectivity index (χ1n) is 7.74. The summed E-state index contributed by atoms with van der Waals surface area (Å²) in [5.41, 5.74) is 0. The summed E-state index contributed by atoms with van der Waals surface area (Å²) in [6.45, 7) is 1.58. The zero-order valence-electron chi connectivity index (χ0n) is 12.0. The molecular formula is C14H20N4O2S. The van der Waals surface area contributed by atoms with Crippen molar-refractivity contribution in [2.75, 3.05) is 24.7 Å². The third-order valence-electron chi connectivity index (χ3n) is 4.50. The summed E-state index contributed by atoms with van der Waals surface area (Å²) < 4.78 is 5.36. The Morgan fingerprint density at radius 1 is 1.33 bits per heavy atom. The van der Waals surface area contributed by atoms with Gasteiger partial charge in [-0.1, -0.05) is 5.16 Å². The Morgan fingerprint density at radius 2 is 2.24 bits per heavy atom. The van der Waals surface area contributed by atoms with E-state index in [0.29, 0.717) is 5.92 Å². The van der Waals surface area contributed by atoms with Gasteiger partial charge in [-0.05, 0) is 25.7 Å². The number of carbonyl (C=O) groups excluding carboxylic acids is 1. The topological polar surface area (TPSA) is 71.3 Å². The van der Waals surface area contributed by atoms with E-state index < -0.39 is 0 Å². The second-order valence-electron chi connectivity index (χ2n) is 6.16. The van der Waals surface area contributed by atoms with E-state index in [2.05, 4.69) is 15.5 Å². The molecular weight excluding hydrogens is 288 g/mol. The summed E-state index contributed by atoms with van der Waals surface area (Å²) in [5, 5.41) is 7.41. The first-order valence-corrected chi connectivity index (χ1v) is 8.90. The summed E-state index contributed by atoms with van der Waals surface area (Å²) in [7, 11) is 0. The average molecular weight is 308 g/mol. The molecule has 0 bridgehead atoms. The Balaban J connectivity index is 1.42. The predicted molar refractivity (Wildman–Crippen MR) is 79.1 cm³/mol. The van der Waals surface area contributed by atoms with E-state index in [1.807, 2.05) is 4.90 Å². The number of hydrogen-bond donors (Lipinski definition) is 1. The molecule has 1 aliphatic carbocycles. The number of likely N-dealkylation sites (tertiary alicyclic amines) is 1. The van der Waals surface area contributed by atoms with Crippen LogP contribution >= 0.6 is 11.8 Å². The van der Waals surface area contributed by atoms with Gasteiger partial charge in [0.2, 0.25) is 11.8 Å². The van der Waals surface area contributed by atoms with Crippen molar-refractivity contribution in [2.45, 2.75) is 43.6 Å². The van der Waals surface area contributed by atoms with Gasteiger partial charge in [-0.25, -0.2) is 0 Å². The van der Waals surface area contributed by atoms with Crippen LogP contribution in [0.1, 0.15) is 49.2 Å². The molecule has 3 fully saturated rings. The van der Waals surface area contributed by atoms with Gasteiger partial charge in [0.15, 0.2) is 5.82 Å². The van der Waals surface area contributed by atoms with Crippen molar-refractivity contribution in [3.63, 3.8) is 0 Å². The number of thioether (sulfide) groups is 1. The number of nitrogens with one attached hydrogen (secondary N) is 1. The highest BCUT2D eigenvalue weighted by Crippen LogP contribution is 2.39. The molecule has 1 amide bonds. The number of aromatic nitrogens is 2. The van der Waals surface area contributed by atoms with Gasteiger partial charge in [0.1, 0.15) is 0 Å². The summed E-state index contributed by atoms with van der Waals surface area (Å²) in [6.07, 6.45) is 4.40. The fourth-order valence-corrected chi connectivity index (χ4v) is 4.00. The average Bonchev–Trinajstić information content (AvgIpc) is 3.05. The molecule has 2 atom stereocenters. The van der Waals surface area contributed by atoms with Crippen LogP contribution in [0.5, 0.6) is 0 Å².